The van der Waals surface area contributed by atoms with E-state index in [4.69, 9.17) is 34.7 Å². The predicted molar refractivity (Wildman–Crippen MR) is 80.4 cm³/mol. The zero-order valence-electron chi connectivity index (χ0n) is 9.74. The molecule has 3 aromatic rings. The van der Waals surface area contributed by atoms with Gasteiger partial charge in [0.2, 0.25) is 0 Å². The second kappa shape index (κ2) is 4.33. The van der Waals surface area contributed by atoms with Gasteiger partial charge in [0.25, 0.3) is 0 Å². The molecular formula is C13H10Cl2N4. The third-order valence-corrected chi connectivity index (χ3v) is 3.62. The Morgan fingerprint density at radius 3 is 2.47 bits per heavy atom. The molecule has 0 unspecified atom stereocenters. The minimum atomic E-state index is 0.446. The number of hydrogen-bond acceptors (Lipinski definition) is 3. The Kier molecular flexibility index (Phi) is 2.77. The van der Waals surface area contributed by atoms with Crippen LogP contribution in [0.25, 0.3) is 22.4 Å². The molecule has 2 aromatic carbocycles. The maximum atomic E-state index is 6.13. The van der Waals surface area contributed by atoms with Crippen LogP contribution in [0, 0.1) is 0 Å². The van der Waals surface area contributed by atoms with Gasteiger partial charge in [-0.25, -0.2) is 4.98 Å². The number of aromatic nitrogens is 2. The van der Waals surface area contributed by atoms with Gasteiger partial charge in [-0.2, -0.15) is 0 Å². The smallest absolute Gasteiger partial charge is 0.138 e. The number of hydrogen-bond donors (Lipinski definition) is 3. The zero-order valence-corrected chi connectivity index (χ0v) is 11.3. The van der Waals surface area contributed by atoms with Crippen LogP contribution in [-0.4, -0.2) is 9.97 Å². The summed E-state index contributed by atoms with van der Waals surface area (Å²) in [6.45, 7) is 0. The molecule has 0 fully saturated rings. The van der Waals surface area contributed by atoms with Crippen molar-refractivity contribution in [2.24, 2.45) is 0 Å². The van der Waals surface area contributed by atoms with Gasteiger partial charge in [0, 0.05) is 5.56 Å². The Balaban J connectivity index is 2.20. The third-order valence-electron chi connectivity index (χ3n) is 2.90. The lowest BCUT2D eigenvalue weighted by Gasteiger charge is -2.00. The van der Waals surface area contributed by atoms with E-state index in [-0.39, 0.29) is 0 Å². The van der Waals surface area contributed by atoms with E-state index in [1.54, 1.807) is 18.2 Å². The fraction of sp³-hybridized carbons (Fsp3) is 0. The van der Waals surface area contributed by atoms with Gasteiger partial charge in [-0.05, 0) is 30.3 Å². The van der Waals surface area contributed by atoms with Crippen molar-refractivity contribution in [2.75, 3.05) is 11.5 Å². The fourth-order valence-corrected chi connectivity index (χ4v) is 2.26. The van der Waals surface area contributed by atoms with Crippen molar-refractivity contribution < 1.29 is 0 Å². The van der Waals surface area contributed by atoms with E-state index >= 15 is 0 Å². The van der Waals surface area contributed by atoms with Crippen LogP contribution in [0.2, 0.25) is 10.0 Å². The molecule has 3 rings (SSSR count). The molecule has 0 aliphatic carbocycles. The van der Waals surface area contributed by atoms with Gasteiger partial charge >= 0.3 is 0 Å². The van der Waals surface area contributed by atoms with Crippen molar-refractivity contribution in [1.82, 2.24) is 9.97 Å². The molecule has 5 N–H and O–H groups in total. The Morgan fingerprint density at radius 2 is 1.74 bits per heavy atom. The lowest BCUT2D eigenvalue weighted by Crippen LogP contribution is -1.87. The van der Waals surface area contributed by atoms with Crippen LogP contribution in [0.5, 0.6) is 0 Å². The Morgan fingerprint density at radius 1 is 1.00 bits per heavy atom. The van der Waals surface area contributed by atoms with Gasteiger partial charge in [-0.15, -0.1) is 0 Å². The van der Waals surface area contributed by atoms with E-state index < -0.39 is 0 Å². The number of aromatic amines is 1. The van der Waals surface area contributed by atoms with Crippen molar-refractivity contribution in [3.63, 3.8) is 0 Å². The maximum Gasteiger partial charge on any atom is 0.138 e. The summed E-state index contributed by atoms with van der Waals surface area (Å²) in [4.78, 5) is 7.62. The highest BCUT2D eigenvalue weighted by molar-refractivity contribution is 6.37. The molecule has 0 bridgehead atoms. The molecule has 0 spiro atoms. The lowest BCUT2D eigenvalue weighted by molar-refractivity contribution is 1.34. The molecule has 0 amide bonds. The minimum absolute atomic E-state index is 0.446. The van der Waals surface area contributed by atoms with Gasteiger partial charge < -0.3 is 16.5 Å². The third kappa shape index (κ3) is 1.99. The standard InChI is InChI=1S/C13H10Cl2N4/c14-7-5-6(1-2-8(7)16)13-18-10-4-3-9(17)11(15)12(10)19-13/h1-5H,16-17H2,(H,18,19). The summed E-state index contributed by atoms with van der Waals surface area (Å²) >= 11 is 12.1. The van der Waals surface area contributed by atoms with E-state index in [1.165, 1.54) is 0 Å². The van der Waals surface area contributed by atoms with Crippen molar-refractivity contribution in [2.45, 2.75) is 0 Å². The van der Waals surface area contributed by atoms with Gasteiger partial charge in [0.15, 0.2) is 0 Å². The van der Waals surface area contributed by atoms with Crippen molar-refractivity contribution in [1.29, 1.82) is 0 Å². The highest BCUT2D eigenvalue weighted by Gasteiger charge is 2.11. The molecule has 1 heterocycles. The number of fused-ring (bicyclic) bond motifs is 1. The summed E-state index contributed by atoms with van der Waals surface area (Å²) < 4.78 is 0. The van der Waals surface area contributed by atoms with Crippen molar-refractivity contribution in [3.05, 3.63) is 40.4 Å². The molecular weight excluding hydrogens is 283 g/mol. The number of nitrogens with two attached hydrogens (primary N) is 2. The predicted octanol–water partition coefficient (Wildman–Crippen LogP) is 3.70. The Labute approximate surface area is 119 Å². The second-order valence-electron chi connectivity index (χ2n) is 4.19. The molecule has 0 aliphatic heterocycles. The molecule has 1 aromatic heterocycles. The number of anilines is 2. The van der Waals surface area contributed by atoms with Crippen LogP contribution in [0.15, 0.2) is 30.3 Å². The number of nitrogens with zero attached hydrogens (tertiary/aromatic N) is 1. The maximum absolute atomic E-state index is 6.13. The molecule has 0 atom stereocenters. The second-order valence-corrected chi connectivity index (χ2v) is 4.97. The molecule has 19 heavy (non-hydrogen) atoms. The SMILES string of the molecule is Nc1ccc(-c2nc3c(Cl)c(N)ccc3[nH]2)cc1Cl. The van der Waals surface area contributed by atoms with Crippen LogP contribution < -0.4 is 11.5 Å². The number of benzene rings is 2. The fourth-order valence-electron chi connectivity index (χ4n) is 1.87. The number of nitrogens with one attached hydrogen (secondary N) is 1. The highest BCUT2D eigenvalue weighted by Crippen LogP contribution is 2.31. The average molecular weight is 293 g/mol. The summed E-state index contributed by atoms with van der Waals surface area (Å²) in [5.41, 5.74) is 14.8. The molecule has 0 saturated carbocycles. The van der Waals surface area contributed by atoms with Crippen LogP contribution >= 0.6 is 23.2 Å². The van der Waals surface area contributed by atoms with Crippen molar-refractivity contribution in [3.8, 4) is 11.4 Å². The summed E-state index contributed by atoms with van der Waals surface area (Å²) in [6, 6.07) is 8.91. The van der Waals surface area contributed by atoms with E-state index in [0.717, 1.165) is 11.1 Å². The number of rotatable bonds is 1. The molecule has 6 heteroatoms. The topological polar surface area (TPSA) is 80.7 Å². The molecule has 0 saturated heterocycles. The van der Waals surface area contributed by atoms with E-state index in [9.17, 15) is 0 Å². The number of nitrogen functional groups attached to an aromatic ring is 2. The number of H-pyrrole nitrogens is 1. The molecule has 96 valence electrons. The van der Waals surface area contributed by atoms with Crippen LogP contribution in [-0.2, 0) is 0 Å². The largest absolute Gasteiger partial charge is 0.398 e. The molecule has 0 aliphatic rings. The first-order valence-electron chi connectivity index (χ1n) is 5.55. The van der Waals surface area contributed by atoms with Gasteiger partial charge in [-0.3, -0.25) is 0 Å². The summed E-state index contributed by atoms with van der Waals surface area (Å²) in [7, 11) is 0. The summed E-state index contributed by atoms with van der Waals surface area (Å²) in [5, 5.41) is 0.935. The highest BCUT2D eigenvalue weighted by atomic mass is 35.5. The quantitative estimate of drug-likeness (QED) is 0.598. The van der Waals surface area contributed by atoms with Gasteiger partial charge in [-0.1, -0.05) is 23.2 Å². The lowest BCUT2D eigenvalue weighted by atomic mass is 10.2. The monoisotopic (exact) mass is 292 g/mol. The van der Waals surface area contributed by atoms with Crippen LogP contribution in [0.4, 0.5) is 11.4 Å². The summed E-state index contributed by atoms with van der Waals surface area (Å²) in [5.74, 6) is 0.671. The summed E-state index contributed by atoms with van der Waals surface area (Å²) in [6.07, 6.45) is 0. The van der Waals surface area contributed by atoms with Crippen LogP contribution in [0.1, 0.15) is 0 Å². The zero-order chi connectivity index (χ0) is 13.6. The minimum Gasteiger partial charge on any atom is -0.398 e. The van der Waals surface area contributed by atoms with Crippen LogP contribution in [0.3, 0.4) is 0 Å². The number of halogens is 2. The van der Waals surface area contributed by atoms with E-state index in [1.807, 2.05) is 12.1 Å². The first kappa shape index (κ1) is 12.1. The molecule has 0 radical (unpaired) electrons. The number of imidazole rings is 1. The van der Waals surface area contributed by atoms with Gasteiger partial charge in [0.1, 0.15) is 11.3 Å². The normalized spacial score (nSPS) is 11.1. The average Bonchev–Trinajstić information content (AvgIpc) is 2.82. The van der Waals surface area contributed by atoms with E-state index in [0.29, 0.717) is 32.8 Å². The molecule has 4 nitrogen and oxygen atoms in total. The van der Waals surface area contributed by atoms with E-state index in [2.05, 4.69) is 9.97 Å². The first-order valence-corrected chi connectivity index (χ1v) is 6.31. The Bertz CT molecular complexity index is 780. The Hall–Kier alpha value is -1.91. The van der Waals surface area contributed by atoms with Gasteiger partial charge in [0.05, 0.1) is 26.9 Å². The first-order chi connectivity index (χ1) is 9.06. The van der Waals surface area contributed by atoms with Crippen molar-refractivity contribution >= 4 is 45.6 Å².